The van der Waals surface area contributed by atoms with Crippen LogP contribution in [0.2, 0.25) is 0 Å². The summed E-state index contributed by atoms with van der Waals surface area (Å²) in [5.74, 6) is -1.01. The lowest BCUT2D eigenvalue weighted by atomic mass is 10.3. The summed E-state index contributed by atoms with van der Waals surface area (Å²) in [5, 5.41) is 18.8. The molecule has 1 N–H and O–H groups in total. The number of rotatable bonds is 6. The minimum atomic E-state index is -0.860. The molecule has 0 fully saturated rings. The summed E-state index contributed by atoms with van der Waals surface area (Å²) in [4.78, 5) is 23.3. The molecule has 0 aliphatic rings. The molecule has 0 radical (unpaired) electrons. The molecule has 0 bridgehead atoms. The third-order valence-electron chi connectivity index (χ3n) is 2.00. The number of carbonyl (C=O) groups excluding carboxylic acids is 1. The van der Waals surface area contributed by atoms with Gasteiger partial charge in [-0.3, -0.25) is 9.59 Å². The van der Waals surface area contributed by atoms with Gasteiger partial charge in [-0.05, 0) is 16.8 Å². The predicted molar refractivity (Wildman–Crippen MR) is 52.3 cm³/mol. The lowest BCUT2D eigenvalue weighted by Gasteiger charge is -2.15. The van der Waals surface area contributed by atoms with Gasteiger partial charge in [0.1, 0.15) is 12.9 Å². The monoisotopic (exact) mass is 227 g/mol. The van der Waals surface area contributed by atoms with Gasteiger partial charge in [-0.1, -0.05) is 0 Å². The van der Waals surface area contributed by atoms with Crippen LogP contribution >= 0.6 is 0 Å². The maximum absolute atomic E-state index is 11.5. The zero-order chi connectivity index (χ0) is 12.0. The molecule has 0 saturated carbocycles. The molecule has 0 saturated heterocycles. The molecule has 0 unspecified atom stereocenters. The highest BCUT2D eigenvalue weighted by Gasteiger charge is 2.10. The molecule has 8 nitrogen and oxygen atoms in total. The summed E-state index contributed by atoms with van der Waals surface area (Å²) >= 11 is 0. The van der Waals surface area contributed by atoms with Crippen molar-refractivity contribution < 1.29 is 14.7 Å². The van der Waals surface area contributed by atoms with Crippen LogP contribution < -0.4 is 0 Å². The Morgan fingerprint density at radius 3 is 2.81 bits per heavy atom. The molecule has 88 valence electrons. The number of amides is 1. The van der Waals surface area contributed by atoms with Crippen molar-refractivity contribution in [3.63, 3.8) is 0 Å². The maximum Gasteiger partial charge on any atom is 0.303 e. The van der Waals surface area contributed by atoms with Crippen molar-refractivity contribution in [2.24, 2.45) is 0 Å². The summed E-state index contributed by atoms with van der Waals surface area (Å²) in [6, 6.07) is 0. The first-order valence-electron chi connectivity index (χ1n) is 4.76. The van der Waals surface area contributed by atoms with E-state index in [0.717, 1.165) is 0 Å². The summed E-state index contributed by atoms with van der Waals surface area (Å²) in [5.41, 5.74) is 0. The number of aromatic nitrogens is 4. The molecule has 0 spiro atoms. The number of carboxylic acids is 1. The van der Waals surface area contributed by atoms with E-state index >= 15 is 0 Å². The summed E-state index contributed by atoms with van der Waals surface area (Å²) in [6.07, 6.45) is 1.85. The number of carboxylic acid groups (broad SMARTS) is 1. The number of hydrogen-bond acceptors (Lipinski definition) is 5. The first-order chi connectivity index (χ1) is 7.59. The molecule has 0 atom stereocenters. The Bertz CT molecular complexity index is 351. The van der Waals surface area contributed by atoms with Gasteiger partial charge >= 0.3 is 5.97 Å². The first-order valence-corrected chi connectivity index (χ1v) is 4.76. The summed E-state index contributed by atoms with van der Waals surface area (Å²) in [7, 11) is 1.62. The van der Waals surface area contributed by atoms with Gasteiger partial charge in [0.25, 0.3) is 0 Å². The van der Waals surface area contributed by atoms with Gasteiger partial charge in [-0.15, -0.1) is 5.10 Å². The van der Waals surface area contributed by atoms with E-state index in [1.165, 1.54) is 15.9 Å². The average Bonchev–Trinajstić information content (AvgIpc) is 2.69. The van der Waals surface area contributed by atoms with E-state index in [4.69, 9.17) is 5.11 Å². The number of tetrazole rings is 1. The van der Waals surface area contributed by atoms with Gasteiger partial charge in [-0.25, -0.2) is 4.68 Å². The van der Waals surface area contributed by atoms with Crippen molar-refractivity contribution in [3.05, 3.63) is 6.33 Å². The van der Waals surface area contributed by atoms with E-state index in [0.29, 0.717) is 13.0 Å². The average molecular weight is 227 g/mol. The van der Waals surface area contributed by atoms with Crippen LogP contribution in [-0.2, 0) is 16.1 Å². The Morgan fingerprint density at radius 1 is 1.50 bits per heavy atom. The third kappa shape index (κ3) is 4.03. The molecule has 1 amide bonds. The summed E-state index contributed by atoms with van der Waals surface area (Å²) < 4.78 is 1.32. The number of aliphatic carboxylic acids is 1. The highest BCUT2D eigenvalue weighted by molar-refractivity contribution is 5.75. The number of nitrogens with zero attached hydrogens (tertiary/aromatic N) is 5. The van der Waals surface area contributed by atoms with E-state index in [2.05, 4.69) is 15.5 Å². The van der Waals surface area contributed by atoms with Gasteiger partial charge in [0, 0.05) is 20.0 Å². The lowest BCUT2D eigenvalue weighted by molar-refractivity contribution is -0.138. The van der Waals surface area contributed by atoms with Crippen LogP contribution in [0.15, 0.2) is 6.33 Å². The molecule has 1 heterocycles. The fourth-order valence-corrected chi connectivity index (χ4v) is 1.10. The molecular weight excluding hydrogens is 214 g/mol. The van der Waals surface area contributed by atoms with Crippen LogP contribution in [0.3, 0.4) is 0 Å². The zero-order valence-corrected chi connectivity index (χ0v) is 8.91. The summed E-state index contributed by atoms with van der Waals surface area (Å²) in [6.45, 7) is 0.476. The normalized spacial score (nSPS) is 10.1. The zero-order valence-electron chi connectivity index (χ0n) is 8.91. The lowest BCUT2D eigenvalue weighted by Crippen LogP contribution is -2.31. The van der Waals surface area contributed by atoms with E-state index in [9.17, 15) is 9.59 Å². The standard InChI is InChI=1S/C8H13N5O3/c1-12(4-2-3-8(15)16)7(14)5-13-6-9-10-11-13/h6H,2-5H2,1H3,(H,15,16). The van der Waals surface area contributed by atoms with Crippen LogP contribution in [0.4, 0.5) is 0 Å². The van der Waals surface area contributed by atoms with Crippen molar-refractivity contribution in [1.82, 2.24) is 25.1 Å². The fourth-order valence-electron chi connectivity index (χ4n) is 1.10. The Labute approximate surface area is 91.8 Å². The molecule has 16 heavy (non-hydrogen) atoms. The van der Waals surface area contributed by atoms with Gasteiger partial charge in [-0.2, -0.15) is 0 Å². The van der Waals surface area contributed by atoms with Crippen molar-refractivity contribution in [2.45, 2.75) is 19.4 Å². The van der Waals surface area contributed by atoms with Crippen molar-refractivity contribution in [1.29, 1.82) is 0 Å². The van der Waals surface area contributed by atoms with Gasteiger partial charge in [0.05, 0.1) is 0 Å². The van der Waals surface area contributed by atoms with Crippen LogP contribution in [-0.4, -0.2) is 55.7 Å². The molecule has 0 aromatic carbocycles. The second kappa shape index (κ2) is 5.79. The quantitative estimate of drug-likeness (QED) is 0.668. The number of likely N-dealkylation sites (N-methyl/N-ethyl adjacent to an activating group) is 1. The highest BCUT2D eigenvalue weighted by Crippen LogP contribution is 1.95. The topological polar surface area (TPSA) is 101 Å². The fraction of sp³-hybridized carbons (Fsp3) is 0.625. The molecule has 8 heteroatoms. The van der Waals surface area contributed by atoms with Crippen molar-refractivity contribution in [2.75, 3.05) is 13.6 Å². The predicted octanol–water partition coefficient (Wildman–Crippen LogP) is -1.00. The van der Waals surface area contributed by atoms with Crippen LogP contribution in [0, 0.1) is 0 Å². The van der Waals surface area contributed by atoms with Crippen molar-refractivity contribution >= 4 is 11.9 Å². The Kier molecular flexibility index (Phi) is 4.37. The smallest absolute Gasteiger partial charge is 0.303 e. The van der Waals surface area contributed by atoms with E-state index in [-0.39, 0.29) is 18.9 Å². The number of hydrogen-bond donors (Lipinski definition) is 1. The van der Waals surface area contributed by atoms with Gasteiger partial charge < -0.3 is 10.0 Å². The third-order valence-corrected chi connectivity index (χ3v) is 2.00. The minimum Gasteiger partial charge on any atom is -0.481 e. The Morgan fingerprint density at radius 2 is 2.25 bits per heavy atom. The maximum atomic E-state index is 11.5. The van der Waals surface area contributed by atoms with E-state index in [1.54, 1.807) is 7.05 Å². The van der Waals surface area contributed by atoms with Crippen LogP contribution in [0.5, 0.6) is 0 Å². The minimum absolute atomic E-state index is 0.0580. The van der Waals surface area contributed by atoms with E-state index in [1.807, 2.05) is 0 Å². The Hall–Kier alpha value is -1.99. The number of carbonyl (C=O) groups is 2. The molecule has 1 aromatic rings. The highest BCUT2D eigenvalue weighted by atomic mass is 16.4. The molecule has 0 aliphatic heterocycles. The van der Waals surface area contributed by atoms with Gasteiger partial charge in [0.2, 0.25) is 5.91 Å². The Balaban J connectivity index is 2.28. The second-order valence-corrected chi connectivity index (χ2v) is 3.32. The van der Waals surface area contributed by atoms with Crippen LogP contribution in [0.25, 0.3) is 0 Å². The van der Waals surface area contributed by atoms with E-state index < -0.39 is 5.97 Å². The largest absolute Gasteiger partial charge is 0.481 e. The van der Waals surface area contributed by atoms with Crippen LogP contribution in [0.1, 0.15) is 12.8 Å². The van der Waals surface area contributed by atoms with Gasteiger partial charge in [0.15, 0.2) is 0 Å². The SMILES string of the molecule is CN(CCCC(=O)O)C(=O)Cn1cnnn1. The van der Waals surface area contributed by atoms with Crippen molar-refractivity contribution in [3.8, 4) is 0 Å². The molecule has 0 aliphatic carbocycles. The molecular formula is C8H13N5O3. The first kappa shape index (κ1) is 12.1. The second-order valence-electron chi connectivity index (χ2n) is 3.32. The molecule has 1 rings (SSSR count). The molecule has 1 aromatic heterocycles.